The van der Waals surface area contributed by atoms with Crippen molar-refractivity contribution in [3.05, 3.63) is 45.1 Å². The summed E-state index contributed by atoms with van der Waals surface area (Å²) in [6.45, 7) is 6.02. The summed E-state index contributed by atoms with van der Waals surface area (Å²) in [7, 11) is 1.51. The lowest BCUT2D eigenvalue weighted by Crippen LogP contribution is -2.49. The molecule has 2 heterocycles. The van der Waals surface area contributed by atoms with Gasteiger partial charge in [0.25, 0.3) is 5.91 Å². The zero-order valence-corrected chi connectivity index (χ0v) is 15.6. The van der Waals surface area contributed by atoms with Crippen LogP contribution in [-0.4, -0.2) is 69.8 Å². The number of piperazine rings is 1. The number of carbonyl (C=O) groups excluding carboxylic acids is 1. The summed E-state index contributed by atoms with van der Waals surface area (Å²) in [6.07, 6.45) is 0. The van der Waals surface area contributed by atoms with Crippen LogP contribution in [0, 0.1) is 6.92 Å². The molecule has 1 fully saturated rings. The SMILES string of the molecule is Cc1cc(Cl)ccc1OCCN1CCN(C(=O)c2nn(C)c(=O)[nH]2)CC1. The topological polar surface area (TPSA) is 83.5 Å². The van der Waals surface area contributed by atoms with Crippen molar-refractivity contribution in [2.75, 3.05) is 39.3 Å². The maximum atomic E-state index is 12.4. The third-order valence-electron chi connectivity index (χ3n) is 4.43. The van der Waals surface area contributed by atoms with Gasteiger partial charge in [-0.2, -0.15) is 0 Å². The lowest BCUT2D eigenvalue weighted by atomic mass is 10.2. The fraction of sp³-hybridized carbons (Fsp3) is 0.471. The first-order chi connectivity index (χ1) is 12.4. The predicted molar refractivity (Wildman–Crippen MR) is 97.9 cm³/mol. The van der Waals surface area contributed by atoms with E-state index in [-0.39, 0.29) is 17.4 Å². The Morgan fingerprint density at radius 1 is 1.31 bits per heavy atom. The number of benzene rings is 1. The largest absolute Gasteiger partial charge is 0.492 e. The van der Waals surface area contributed by atoms with Crippen LogP contribution < -0.4 is 10.4 Å². The highest BCUT2D eigenvalue weighted by Gasteiger charge is 2.24. The molecule has 1 aromatic carbocycles. The molecule has 140 valence electrons. The molecule has 9 heteroatoms. The minimum atomic E-state index is -0.387. The van der Waals surface area contributed by atoms with Crippen molar-refractivity contribution in [1.82, 2.24) is 24.6 Å². The number of aryl methyl sites for hydroxylation is 2. The van der Waals surface area contributed by atoms with E-state index in [0.717, 1.165) is 35.6 Å². The van der Waals surface area contributed by atoms with Gasteiger partial charge in [0.2, 0.25) is 5.82 Å². The highest BCUT2D eigenvalue weighted by atomic mass is 35.5. The zero-order valence-electron chi connectivity index (χ0n) is 14.9. The normalized spacial score (nSPS) is 15.3. The number of rotatable bonds is 5. The summed E-state index contributed by atoms with van der Waals surface area (Å²) in [5.41, 5.74) is 0.624. The van der Waals surface area contributed by atoms with Crippen LogP contribution in [-0.2, 0) is 7.05 Å². The molecule has 1 amide bonds. The van der Waals surface area contributed by atoms with Crippen LogP contribution in [0.5, 0.6) is 5.75 Å². The number of H-pyrrole nitrogens is 1. The van der Waals surface area contributed by atoms with Crippen molar-refractivity contribution >= 4 is 17.5 Å². The fourth-order valence-electron chi connectivity index (χ4n) is 2.88. The maximum absolute atomic E-state index is 12.4. The van der Waals surface area contributed by atoms with E-state index in [1.807, 2.05) is 25.1 Å². The third-order valence-corrected chi connectivity index (χ3v) is 4.67. The smallest absolute Gasteiger partial charge is 0.343 e. The molecule has 0 saturated carbocycles. The van der Waals surface area contributed by atoms with Crippen LogP contribution in [0.4, 0.5) is 0 Å². The van der Waals surface area contributed by atoms with Crippen LogP contribution >= 0.6 is 11.6 Å². The second-order valence-corrected chi connectivity index (χ2v) is 6.73. The average Bonchev–Trinajstić information content (AvgIpc) is 2.96. The summed E-state index contributed by atoms with van der Waals surface area (Å²) in [4.78, 5) is 30.2. The molecule has 0 spiro atoms. The van der Waals surface area contributed by atoms with Crippen LogP contribution in [0.1, 0.15) is 16.2 Å². The van der Waals surface area contributed by atoms with E-state index in [1.165, 1.54) is 7.05 Å². The van der Waals surface area contributed by atoms with Crippen molar-refractivity contribution in [2.24, 2.45) is 7.05 Å². The van der Waals surface area contributed by atoms with Crippen molar-refractivity contribution in [2.45, 2.75) is 6.92 Å². The van der Waals surface area contributed by atoms with Gasteiger partial charge in [-0.05, 0) is 30.7 Å². The van der Waals surface area contributed by atoms with Crippen LogP contribution in [0.3, 0.4) is 0 Å². The van der Waals surface area contributed by atoms with Crippen molar-refractivity contribution in [3.8, 4) is 5.75 Å². The second kappa shape index (κ2) is 7.92. The summed E-state index contributed by atoms with van der Waals surface area (Å²) >= 11 is 5.94. The van der Waals surface area contributed by atoms with Crippen molar-refractivity contribution in [1.29, 1.82) is 0 Å². The molecule has 1 aromatic heterocycles. The van der Waals surface area contributed by atoms with E-state index in [1.54, 1.807) is 4.90 Å². The molecule has 0 radical (unpaired) electrons. The molecule has 1 aliphatic rings. The molecule has 8 nitrogen and oxygen atoms in total. The monoisotopic (exact) mass is 379 g/mol. The molecule has 1 N–H and O–H groups in total. The Balaban J connectivity index is 1.45. The number of amides is 1. The fourth-order valence-corrected chi connectivity index (χ4v) is 3.11. The quantitative estimate of drug-likeness (QED) is 0.834. The number of hydrogen-bond acceptors (Lipinski definition) is 5. The van der Waals surface area contributed by atoms with Gasteiger partial charge in [-0.25, -0.2) is 9.48 Å². The standard InChI is InChI=1S/C17H22ClN5O3/c1-12-11-13(18)3-4-14(12)26-10-9-22-5-7-23(8-6-22)16(24)15-19-17(25)21(2)20-15/h3-4,11H,5-10H2,1-2H3,(H,19,20,25). The Morgan fingerprint density at radius 2 is 2.04 bits per heavy atom. The molecular formula is C17H22ClN5O3. The van der Waals surface area contributed by atoms with Crippen LogP contribution in [0.25, 0.3) is 0 Å². The Kier molecular flexibility index (Phi) is 5.63. The molecule has 1 saturated heterocycles. The first kappa shape index (κ1) is 18.5. The Bertz CT molecular complexity index is 839. The minimum Gasteiger partial charge on any atom is -0.492 e. The van der Waals surface area contributed by atoms with Crippen molar-refractivity contribution < 1.29 is 9.53 Å². The van der Waals surface area contributed by atoms with Gasteiger partial charge in [0, 0.05) is 44.8 Å². The van der Waals surface area contributed by atoms with Gasteiger partial charge in [0.05, 0.1) is 0 Å². The summed E-state index contributed by atoms with van der Waals surface area (Å²) in [6, 6.07) is 5.57. The Labute approximate surface area is 156 Å². The second-order valence-electron chi connectivity index (χ2n) is 6.29. The lowest BCUT2D eigenvalue weighted by molar-refractivity contribution is 0.0608. The van der Waals surface area contributed by atoms with Gasteiger partial charge in [-0.3, -0.25) is 14.7 Å². The number of halogens is 1. The number of hydrogen-bond donors (Lipinski definition) is 1. The van der Waals surface area contributed by atoms with Gasteiger partial charge in [-0.1, -0.05) is 11.6 Å². The van der Waals surface area contributed by atoms with Crippen LogP contribution in [0.15, 0.2) is 23.0 Å². The summed E-state index contributed by atoms with van der Waals surface area (Å²) in [5.74, 6) is 0.685. The zero-order chi connectivity index (χ0) is 18.7. The molecule has 3 rings (SSSR count). The molecule has 0 unspecified atom stereocenters. The van der Waals surface area contributed by atoms with E-state index in [0.29, 0.717) is 24.7 Å². The molecule has 0 bridgehead atoms. The minimum absolute atomic E-state index is 0.0903. The maximum Gasteiger partial charge on any atom is 0.343 e. The van der Waals surface area contributed by atoms with E-state index in [4.69, 9.17) is 16.3 Å². The highest BCUT2D eigenvalue weighted by Crippen LogP contribution is 2.21. The summed E-state index contributed by atoms with van der Waals surface area (Å²) in [5, 5.41) is 4.62. The van der Waals surface area contributed by atoms with Crippen molar-refractivity contribution in [3.63, 3.8) is 0 Å². The molecule has 0 atom stereocenters. The third kappa shape index (κ3) is 4.25. The number of ether oxygens (including phenoxy) is 1. The molecular weight excluding hydrogens is 358 g/mol. The van der Waals surface area contributed by atoms with Gasteiger partial charge in [0.15, 0.2) is 0 Å². The summed E-state index contributed by atoms with van der Waals surface area (Å²) < 4.78 is 6.95. The van der Waals surface area contributed by atoms with Gasteiger partial charge in [0.1, 0.15) is 12.4 Å². The molecule has 26 heavy (non-hydrogen) atoms. The Morgan fingerprint density at radius 3 is 2.65 bits per heavy atom. The average molecular weight is 380 g/mol. The number of nitrogens with one attached hydrogen (secondary N) is 1. The highest BCUT2D eigenvalue weighted by molar-refractivity contribution is 6.30. The number of carbonyl (C=O) groups is 1. The van der Waals surface area contributed by atoms with Gasteiger partial charge >= 0.3 is 5.69 Å². The Hall–Kier alpha value is -2.32. The van der Waals surface area contributed by atoms with E-state index in [2.05, 4.69) is 15.0 Å². The first-order valence-corrected chi connectivity index (χ1v) is 8.86. The number of aromatic nitrogens is 3. The molecule has 2 aromatic rings. The molecule has 0 aliphatic carbocycles. The van der Waals surface area contributed by atoms with Gasteiger partial charge in [-0.15, -0.1) is 5.10 Å². The predicted octanol–water partition coefficient (Wildman–Crippen LogP) is 0.907. The first-order valence-electron chi connectivity index (χ1n) is 8.48. The molecule has 1 aliphatic heterocycles. The van der Waals surface area contributed by atoms with E-state index < -0.39 is 0 Å². The lowest BCUT2D eigenvalue weighted by Gasteiger charge is -2.34. The van der Waals surface area contributed by atoms with Crippen LogP contribution in [0.2, 0.25) is 5.02 Å². The van der Waals surface area contributed by atoms with E-state index >= 15 is 0 Å². The van der Waals surface area contributed by atoms with Gasteiger partial charge < -0.3 is 9.64 Å². The number of nitrogens with zero attached hydrogens (tertiary/aromatic N) is 4. The number of aromatic amines is 1. The van der Waals surface area contributed by atoms with E-state index in [9.17, 15) is 9.59 Å².